The van der Waals surface area contributed by atoms with E-state index in [9.17, 15) is 5.11 Å². The van der Waals surface area contributed by atoms with Crippen LogP contribution in [0.5, 0.6) is 0 Å². The second kappa shape index (κ2) is 6.46. The monoisotopic (exact) mass is 338 g/mol. The van der Waals surface area contributed by atoms with Gasteiger partial charge in [-0.25, -0.2) is 9.97 Å². The van der Waals surface area contributed by atoms with E-state index >= 15 is 0 Å². The van der Waals surface area contributed by atoms with Gasteiger partial charge in [0.05, 0.1) is 5.69 Å². The molecule has 1 N–H and O–H groups in total. The van der Waals surface area contributed by atoms with Crippen LogP contribution in [0.4, 0.5) is 0 Å². The number of aliphatic hydroxyl groups is 1. The predicted molar refractivity (Wildman–Crippen MR) is 95.7 cm³/mol. The van der Waals surface area contributed by atoms with Crippen molar-refractivity contribution in [2.45, 2.75) is 45.3 Å². The summed E-state index contributed by atoms with van der Waals surface area (Å²) in [6.45, 7) is 6.59. The molecule has 1 unspecified atom stereocenters. The molecule has 2 fully saturated rings. The first-order valence-corrected chi connectivity index (χ1v) is 9.21. The summed E-state index contributed by atoms with van der Waals surface area (Å²) in [5.41, 5.74) is 2.34. The number of aryl methyl sites for hydroxylation is 2. The van der Waals surface area contributed by atoms with Crippen LogP contribution >= 0.6 is 0 Å². The molecule has 25 heavy (non-hydrogen) atoms. The first kappa shape index (κ1) is 16.6. The highest BCUT2D eigenvalue weighted by Crippen LogP contribution is 2.48. The number of aromatic nitrogens is 3. The van der Waals surface area contributed by atoms with E-state index in [1.807, 2.05) is 38.5 Å². The van der Waals surface area contributed by atoms with Crippen LogP contribution in [0.3, 0.4) is 0 Å². The Morgan fingerprint density at radius 3 is 2.32 bits per heavy atom. The van der Waals surface area contributed by atoms with Crippen LogP contribution in [0.15, 0.2) is 30.7 Å². The summed E-state index contributed by atoms with van der Waals surface area (Å²) in [6, 6.07) is 4.08. The van der Waals surface area contributed by atoms with Crippen molar-refractivity contribution in [3.63, 3.8) is 0 Å². The van der Waals surface area contributed by atoms with Crippen molar-refractivity contribution in [3.05, 3.63) is 53.4 Å². The van der Waals surface area contributed by atoms with Gasteiger partial charge in [0.15, 0.2) is 0 Å². The lowest BCUT2D eigenvalue weighted by Gasteiger charge is -2.52. The zero-order chi connectivity index (χ0) is 17.4. The Morgan fingerprint density at radius 2 is 1.72 bits per heavy atom. The SMILES string of the molecule is Cc1ccc(C2(O)[C@@H]3CCC[C@H]2CN(Cc2cnc(C)nc2)C3)nc1. The molecule has 4 rings (SSSR count). The van der Waals surface area contributed by atoms with Gasteiger partial charge in [0.1, 0.15) is 11.4 Å². The summed E-state index contributed by atoms with van der Waals surface area (Å²) in [5.74, 6) is 1.28. The molecule has 3 heterocycles. The van der Waals surface area contributed by atoms with Crippen molar-refractivity contribution in [2.75, 3.05) is 13.1 Å². The maximum absolute atomic E-state index is 11.6. The van der Waals surface area contributed by atoms with Crippen molar-refractivity contribution in [3.8, 4) is 0 Å². The number of hydrogen-bond donors (Lipinski definition) is 1. The smallest absolute Gasteiger partial charge is 0.125 e. The lowest BCUT2D eigenvalue weighted by Crippen LogP contribution is -2.58. The molecule has 1 aliphatic heterocycles. The molecule has 2 aliphatic rings. The van der Waals surface area contributed by atoms with Gasteiger partial charge in [0, 0.05) is 55.6 Å². The maximum Gasteiger partial charge on any atom is 0.125 e. The topological polar surface area (TPSA) is 62.1 Å². The average molecular weight is 338 g/mol. The van der Waals surface area contributed by atoms with Crippen molar-refractivity contribution in [2.24, 2.45) is 11.8 Å². The molecule has 132 valence electrons. The highest BCUT2D eigenvalue weighted by atomic mass is 16.3. The Labute approximate surface area is 149 Å². The van der Waals surface area contributed by atoms with Crippen LogP contribution in [0.1, 0.15) is 41.9 Å². The maximum atomic E-state index is 11.6. The van der Waals surface area contributed by atoms with Crippen molar-refractivity contribution in [1.82, 2.24) is 19.9 Å². The summed E-state index contributed by atoms with van der Waals surface area (Å²) in [5, 5.41) is 11.6. The van der Waals surface area contributed by atoms with Gasteiger partial charge in [-0.2, -0.15) is 0 Å². The van der Waals surface area contributed by atoms with Gasteiger partial charge in [-0.3, -0.25) is 9.88 Å². The minimum Gasteiger partial charge on any atom is -0.383 e. The largest absolute Gasteiger partial charge is 0.383 e. The third-order valence-electron chi connectivity index (χ3n) is 5.87. The minimum absolute atomic E-state index is 0.238. The van der Waals surface area contributed by atoms with E-state index in [1.165, 1.54) is 6.42 Å². The van der Waals surface area contributed by atoms with Gasteiger partial charge >= 0.3 is 0 Å². The summed E-state index contributed by atoms with van der Waals surface area (Å²) in [7, 11) is 0. The first-order valence-electron chi connectivity index (χ1n) is 9.21. The number of piperidine rings is 1. The summed E-state index contributed by atoms with van der Waals surface area (Å²) < 4.78 is 0. The summed E-state index contributed by atoms with van der Waals surface area (Å²) in [6.07, 6.45) is 9.03. The minimum atomic E-state index is -0.785. The van der Waals surface area contributed by atoms with Crippen molar-refractivity contribution in [1.29, 1.82) is 0 Å². The Kier molecular flexibility index (Phi) is 4.29. The van der Waals surface area contributed by atoms with Gasteiger partial charge in [-0.15, -0.1) is 0 Å². The summed E-state index contributed by atoms with van der Waals surface area (Å²) in [4.78, 5) is 15.6. The van der Waals surface area contributed by atoms with Gasteiger partial charge < -0.3 is 5.11 Å². The Morgan fingerprint density at radius 1 is 1.04 bits per heavy atom. The van der Waals surface area contributed by atoms with Crippen LogP contribution in [0, 0.1) is 25.7 Å². The number of rotatable bonds is 3. The zero-order valence-electron chi connectivity index (χ0n) is 15.0. The molecule has 2 bridgehead atoms. The van der Waals surface area contributed by atoms with Crippen molar-refractivity contribution < 1.29 is 5.11 Å². The normalized spacial score (nSPS) is 29.6. The molecule has 1 saturated heterocycles. The molecule has 5 heteroatoms. The molecule has 2 aromatic heterocycles. The number of pyridine rings is 1. The molecule has 1 saturated carbocycles. The Bertz CT molecular complexity index is 714. The fraction of sp³-hybridized carbons (Fsp3) is 0.550. The van der Waals surface area contributed by atoms with E-state index in [0.29, 0.717) is 0 Å². The molecule has 0 aromatic carbocycles. The van der Waals surface area contributed by atoms with E-state index in [2.05, 4.69) is 25.9 Å². The third-order valence-corrected chi connectivity index (χ3v) is 5.87. The average Bonchev–Trinajstić information content (AvgIpc) is 2.58. The van der Waals surface area contributed by atoms with Gasteiger partial charge in [0.2, 0.25) is 0 Å². The number of likely N-dealkylation sites (tertiary alicyclic amines) is 1. The van der Waals surface area contributed by atoms with Gasteiger partial charge in [-0.05, 0) is 38.3 Å². The molecular formula is C20H26N4O. The molecule has 5 nitrogen and oxygen atoms in total. The molecule has 1 aliphatic carbocycles. The van der Waals surface area contributed by atoms with Gasteiger partial charge in [-0.1, -0.05) is 12.5 Å². The van der Waals surface area contributed by atoms with Gasteiger partial charge in [0.25, 0.3) is 0 Å². The molecule has 0 amide bonds. The Balaban J connectivity index is 1.56. The Hall–Kier alpha value is -1.85. The van der Waals surface area contributed by atoms with Crippen LogP contribution in [0.2, 0.25) is 0 Å². The zero-order valence-corrected chi connectivity index (χ0v) is 15.0. The van der Waals surface area contributed by atoms with Crippen LogP contribution in [0.25, 0.3) is 0 Å². The lowest BCUT2D eigenvalue weighted by molar-refractivity contribution is -0.151. The predicted octanol–water partition coefficient (Wildman–Crippen LogP) is 2.61. The standard InChI is InChI=1S/C20H26N4O/c1-14-6-7-19(23-8-14)20(25)17-4-3-5-18(20)13-24(12-17)11-16-9-21-15(2)22-10-16/h6-10,17-18,25H,3-5,11-13H2,1-2H3/t17-,18+,20?. The highest BCUT2D eigenvalue weighted by molar-refractivity contribution is 5.22. The number of hydrogen-bond acceptors (Lipinski definition) is 5. The van der Waals surface area contributed by atoms with E-state index in [4.69, 9.17) is 0 Å². The van der Waals surface area contributed by atoms with Crippen molar-refractivity contribution >= 4 is 0 Å². The fourth-order valence-corrected chi connectivity index (χ4v) is 4.55. The fourth-order valence-electron chi connectivity index (χ4n) is 4.55. The molecule has 3 atom stereocenters. The molecule has 0 radical (unpaired) electrons. The third kappa shape index (κ3) is 3.07. The second-order valence-electron chi connectivity index (χ2n) is 7.70. The van der Waals surface area contributed by atoms with Crippen LogP contribution in [-0.2, 0) is 12.1 Å². The van der Waals surface area contributed by atoms with Crippen LogP contribution < -0.4 is 0 Å². The van der Waals surface area contributed by atoms with E-state index < -0.39 is 5.60 Å². The quantitative estimate of drug-likeness (QED) is 0.932. The highest BCUT2D eigenvalue weighted by Gasteiger charge is 2.52. The number of fused-ring (bicyclic) bond motifs is 2. The lowest BCUT2D eigenvalue weighted by atomic mass is 9.64. The molecular weight excluding hydrogens is 312 g/mol. The first-order chi connectivity index (χ1) is 12.1. The van der Waals surface area contributed by atoms with E-state index in [0.717, 1.165) is 55.1 Å². The molecule has 2 aromatic rings. The molecule has 0 spiro atoms. The second-order valence-corrected chi connectivity index (χ2v) is 7.70. The summed E-state index contributed by atoms with van der Waals surface area (Å²) >= 11 is 0. The number of nitrogens with zero attached hydrogens (tertiary/aromatic N) is 4. The van der Waals surface area contributed by atoms with Crippen LogP contribution in [-0.4, -0.2) is 38.0 Å². The van der Waals surface area contributed by atoms with E-state index in [-0.39, 0.29) is 11.8 Å². The van der Waals surface area contributed by atoms with E-state index in [1.54, 1.807) is 0 Å².